The monoisotopic (exact) mass is 388 g/mol. The lowest BCUT2D eigenvalue weighted by molar-refractivity contribution is 0.102. The lowest BCUT2D eigenvalue weighted by atomic mass is 10.1. The Morgan fingerprint density at radius 2 is 2.00 bits per heavy atom. The van der Waals surface area contributed by atoms with Crippen LogP contribution in [0.3, 0.4) is 0 Å². The number of benzene rings is 2. The third-order valence-electron chi connectivity index (χ3n) is 4.52. The van der Waals surface area contributed by atoms with Gasteiger partial charge in [0.05, 0.1) is 11.0 Å². The number of carbonyl (C=O) groups excluding carboxylic acids is 1. The van der Waals surface area contributed by atoms with Crippen LogP contribution in [0.5, 0.6) is 0 Å². The van der Waals surface area contributed by atoms with E-state index in [9.17, 15) is 13.2 Å². The van der Waals surface area contributed by atoms with E-state index in [0.717, 1.165) is 24.8 Å². The van der Waals surface area contributed by atoms with Crippen molar-refractivity contribution in [1.29, 1.82) is 0 Å². The molecular weight excluding hydrogens is 364 g/mol. The maximum atomic E-state index is 12.5. The Morgan fingerprint density at radius 1 is 1.19 bits per heavy atom. The number of carbonyl (C=O) groups is 1. The van der Waals surface area contributed by atoms with E-state index >= 15 is 0 Å². The predicted molar refractivity (Wildman–Crippen MR) is 104 cm³/mol. The summed E-state index contributed by atoms with van der Waals surface area (Å²) in [6, 6.07) is 13.6. The van der Waals surface area contributed by atoms with E-state index in [4.69, 9.17) is 4.74 Å². The second-order valence-electron chi connectivity index (χ2n) is 6.52. The molecule has 0 aliphatic carbocycles. The Hall–Kier alpha value is -2.22. The SMILES string of the molecule is CCc1cccc(NC(=O)c2cccc(S(=O)(=O)NCC3CCCO3)c2)c1. The topological polar surface area (TPSA) is 84.5 Å². The molecule has 7 heteroatoms. The Balaban J connectivity index is 1.70. The lowest BCUT2D eigenvalue weighted by Crippen LogP contribution is -2.32. The first kappa shape index (κ1) is 19.5. The first-order chi connectivity index (χ1) is 13.0. The van der Waals surface area contributed by atoms with Gasteiger partial charge in [-0.05, 0) is 55.2 Å². The fourth-order valence-electron chi connectivity index (χ4n) is 2.97. The molecule has 2 aromatic rings. The molecule has 0 aromatic heterocycles. The van der Waals surface area contributed by atoms with Gasteiger partial charge >= 0.3 is 0 Å². The maximum absolute atomic E-state index is 12.5. The van der Waals surface area contributed by atoms with Crippen molar-refractivity contribution in [3.63, 3.8) is 0 Å². The first-order valence-corrected chi connectivity index (χ1v) is 10.6. The molecule has 1 unspecified atom stereocenters. The molecular formula is C20H24N2O4S. The number of hydrogen-bond acceptors (Lipinski definition) is 4. The average Bonchev–Trinajstić information content (AvgIpc) is 3.20. The number of amides is 1. The van der Waals surface area contributed by atoms with Crippen LogP contribution < -0.4 is 10.0 Å². The minimum absolute atomic E-state index is 0.0652. The largest absolute Gasteiger partial charge is 0.377 e. The van der Waals surface area contributed by atoms with Crippen LogP contribution in [-0.2, 0) is 21.2 Å². The molecule has 1 saturated heterocycles. The van der Waals surface area contributed by atoms with Gasteiger partial charge in [0.1, 0.15) is 0 Å². The van der Waals surface area contributed by atoms with Crippen molar-refractivity contribution in [1.82, 2.24) is 4.72 Å². The summed E-state index contributed by atoms with van der Waals surface area (Å²) in [6.45, 7) is 2.95. The van der Waals surface area contributed by atoms with Crippen LogP contribution >= 0.6 is 0 Å². The first-order valence-electron chi connectivity index (χ1n) is 9.09. The van der Waals surface area contributed by atoms with Gasteiger partial charge in [0.2, 0.25) is 10.0 Å². The van der Waals surface area contributed by atoms with E-state index in [0.29, 0.717) is 12.3 Å². The number of ether oxygens (including phenoxy) is 1. The van der Waals surface area contributed by atoms with Crippen molar-refractivity contribution >= 4 is 21.6 Å². The van der Waals surface area contributed by atoms with Crippen molar-refractivity contribution in [2.24, 2.45) is 0 Å². The Labute approximate surface area is 160 Å². The van der Waals surface area contributed by atoms with Gasteiger partial charge in [0.25, 0.3) is 5.91 Å². The molecule has 0 saturated carbocycles. The van der Waals surface area contributed by atoms with Gasteiger partial charge in [-0.25, -0.2) is 13.1 Å². The Bertz CT molecular complexity index is 906. The third kappa shape index (κ3) is 5.15. The van der Waals surface area contributed by atoms with Crippen molar-refractivity contribution < 1.29 is 17.9 Å². The highest BCUT2D eigenvalue weighted by Gasteiger charge is 2.21. The van der Waals surface area contributed by atoms with Crippen molar-refractivity contribution in [2.75, 3.05) is 18.5 Å². The molecule has 1 aliphatic heterocycles. The van der Waals surface area contributed by atoms with Crippen LogP contribution in [0.1, 0.15) is 35.7 Å². The smallest absolute Gasteiger partial charge is 0.255 e. The molecule has 0 spiro atoms. The zero-order valence-corrected chi connectivity index (χ0v) is 16.1. The second kappa shape index (κ2) is 8.65. The zero-order valence-electron chi connectivity index (χ0n) is 15.3. The molecule has 0 bridgehead atoms. The van der Waals surface area contributed by atoms with Gasteiger partial charge in [-0.1, -0.05) is 25.1 Å². The van der Waals surface area contributed by atoms with Gasteiger partial charge in [0, 0.05) is 24.4 Å². The lowest BCUT2D eigenvalue weighted by Gasteiger charge is -2.12. The Kier molecular flexibility index (Phi) is 6.26. The quantitative estimate of drug-likeness (QED) is 0.764. The summed E-state index contributed by atoms with van der Waals surface area (Å²) in [5.74, 6) is -0.348. The fourth-order valence-corrected chi connectivity index (χ4v) is 4.08. The van der Waals surface area contributed by atoms with Gasteiger partial charge in [-0.3, -0.25) is 4.79 Å². The fraction of sp³-hybridized carbons (Fsp3) is 0.350. The summed E-state index contributed by atoms with van der Waals surface area (Å²) in [7, 11) is -3.70. The summed E-state index contributed by atoms with van der Waals surface area (Å²) in [5, 5.41) is 2.81. The minimum Gasteiger partial charge on any atom is -0.377 e. The highest BCUT2D eigenvalue weighted by atomic mass is 32.2. The van der Waals surface area contributed by atoms with Crippen LogP contribution in [0, 0.1) is 0 Å². The molecule has 1 atom stereocenters. The zero-order chi connectivity index (χ0) is 19.3. The molecule has 1 aliphatic rings. The molecule has 2 N–H and O–H groups in total. The van der Waals surface area contributed by atoms with E-state index in [1.54, 1.807) is 18.2 Å². The molecule has 3 rings (SSSR count). The highest BCUT2D eigenvalue weighted by molar-refractivity contribution is 7.89. The Morgan fingerprint density at radius 3 is 2.74 bits per heavy atom. The molecule has 0 radical (unpaired) electrons. The molecule has 2 aromatic carbocycles. The summed E-state index contributed by atoms with van der Waals surface area (Å²) < 4.78 is 33.0. The van der Waals surface area contributed by atoms with Crippen LogP contribution in [0.25, 0.3) is 0 Å². The molecule has 1 amide bonds. The van der Waals surface area contributed by atoms with Crippen molar-refractivity contribution in [3.05, 3.63) is 59.7 Å². The van der Waals surface area contributed by atoms with Crippen LogP contribution in [0.2, 0.25) is 0 Å². The van der Waals surface area contributed by atoms with Gasteiger partial charge in [-0.15, -0.1) is 0 Å². The van der Waals surface area contributed by atoms with Gasteiger partial charge in [-0.2, -0.15) is 0 Å². The molecule has 6 nitrogen and oxygen atoms in total. The summed E-state index contributed by atoms with van der Waals surface area (Å²) in [4.78, 5) is 12.6. The number of aryl methyl sites for hydroxylation is 1. The standard InChI is InChI=1S/C20H24N2O4S/c1-2-15-6-3-8-17(12-15)22-20(23)16-7-4-10-19(13-16)27(24,25)21-14-18-9-5-11-26-18/h3-4,6-8,10,12-13,18,21H,2,5,9,11,14H2,1H3,(H,22,23). The van der Waals surface area contributed by atoms with Gasteiger partial charge in [0.15, 0.2) is 0 Å². The normalized spacial score (nSPS) is 17.0. The van der Waals surface area contributed by atoms with Gasteiger partial charge < -0.3 is 10.1 Å². The summed E-state index contributed by atoms with van der Waals surface area (Å²) in [6.07, 6.45) is 2.58. The van der Waals surface area contributed by atoms with E-state index in [2.05, 4.69) is 10.0 Å². The number of hydrogen-bond donors (Lipinski definition) is 2. The summed E-state index contributed by atoms with van der Waals surface area (Å²) in [5.41, 5.74) is 2.09. The maximum Gasteiger partial charge on any atom is 0.255 e. The molecule has 1 heterocycles. The average molecular weight is 388 g/mol. The molecule has 1 fully saturated rings. The third-order valence-corrected chi connectivity index (χ3v) is 5.95. The predicted octanol–water partition coefficient (Wildman–Crippen LogP) is 2.96. The van der Waals surface area contributed by atoms with E-state index < -0.39 is 10.0 Å². The molecule has 144 valence electrons. The number of sulfonamides is 1. The number of anilines is 1. The van der Waals surface area contributed by atoms with E-state index in [1.165, 1.54) is 12.1 Å². The summed E-state index contributed by atoms with van der Waals surface area (Å²) >= 11 is 0. The van der Waals surface area contributed by atoms with Crippen LogP contribution in [0.4, 0.5) is 5.69 Å². The van der Waals surface area contributed by atoms with Crippen LogP contribution in [-0.4, -0.2) is 33.6 Å². The van der Waals surface area contributed by atoms with E-state index in [-0.39, 0.29) is 29.0 Å². The highest BCUT2D eigenvalue weighted by Crippen LogP contribution is 2.17. The van der Waals surface area contributed by atoms with Crippen molar-refractivity contribution in [2.45, 2.75) is 37.2 Å². The number of nitrogens with one attached hydrogen (secondary N) is 2. The molecule has 27 heavy (non-hydrogen) atoms. The van der Waals surface area contributed by atoms with E-state index in [1.807, 2.05) is 25.1 Å². The minimum atomic E-state index is -3.70. The van der Waals surface area contributed by atoms with Crippen LogP contribution in [0.15, 0.2) is 53.4 Å². The number of rotatable bonds is 7. The second-order valence-corrected chi connectivity index (χ2v) is 8.29. The van der Waals surface area contributed by atoms with Crippen molar-refractivity contribution in [3.8, 4) is 0 Å².